The Hall–Kier alpha value is -2.30. The summed E-state index contributed by atoms with van der Waals surface area (Å²) in [5, 5.41) is 5.79. The van der Waals surface area contributed by atoms with E-state index in [0.29, 0.717) is 23.6 Å². The zero-order valence-electron chi connectivity index (χ0n) is 11.4. The summed E-state index contributed by atoms with van der Waals surface area (Å²) >= 11 is 0. The number of hydrogen-bond acceptors (Lipinski definition) is 3. The van der Waals surface area contributed by atoms with Gasteiger partial charge < -0.3 is 15.1 Å². The lowest BCUT2D eigenvalue weighted by atomic mass is 10.2. The van der Waals surface area contributed by atoms with Gasteiger partial charge in [0.05, 0.1) is 12.8 Å². The van der Waals surface area contributed by atoms with Gasteiger partial charge in [-0.2, -0.15) is 0 Å². The van der Waals surface area contributed by atoms with Crippen LogP contribution in [0.1, 0.15) is 18.2 Å². The third-order valence-corrected chi connectivity index (χ3v) is 2.95. The lowest BCUT2D eigenvalue weighted by molar-refractivity contribution is -0.121. The molecule has 0 aliphatic rings. The third-order valence-electron chi connectivity index (χ3n) is 2.95. The van der Waals surface area contributed by atoms with Crippen LogP contribution in [-0.4, -0.2) is 11.9 Å². The van der Waals surface area contributed by atoms with Crippen molar-refractivity contribution in [2.45, 2.75) is 26.4 Å². The molecule has 0 fully saturated rings. The van der Waals surface area contributed by atoms with Crippen LogP contribution in [0.5, 0.6) is 0 Å². The number of aryl methyl sites for hydroxylation is 1. The highest BCUT2D eigenvalue weighted by atomic mass is 19.1. The van der Waals surface area contributed by atoms with Crippen molar-refractivity contribution in [3.8, 4) is 0 Å². The molecule has 0 bridgehead atoms. The number of nitrogens with one attached hydrogen (secondary N) is 2. The molecule has 0 saturated carbocycles. The highest BCUT2D eigenvalue weighted by molar-refractivity contribution is 5.84. The predicted octanol–water partition coefficient (Wildman–Crippen LogP) is 2.84. The molecule has 1 heterocycles. The van der Waals surface area contributed by atoms with Crippen molar-refractivity contribution < 1.29 is 13.6 Å². The first kappa shape index (κ1) is 14.1. The molecule has 2 rings (SSSR count). The van der Waals surface area contributed by atoms with Crippen LogP contribution in [0.15, 0.2) is 41.0 Å². The van der Waals surface area contributed by atoms with Crippen LogP contribution in [0.2, 0.25) is 0 Å². The van der Waals surface area contributed by atoms with Gasteiger partial charge in [0.25, 0.3) is 0 Å². The van der Waals surface area contributed by atoms with E-state index in [2.05, 4.69) is 10.6 Å². The predicted molar refractivity (Wildman–Crippen MR) is 74.8 cm³/mol. The molecule has 2 aromatic rings. The quantitative estimate of drug-likeness (QED) is 0.883. The molecule has 0 aliphatic carbocycles. The maximum Gasteiger partial charge on any atom is 0.242 e. The molecule has 2 N–H and O–H groups in total. The summed E-state index contributed by atoms with van der Waals surface area (Å²) in [6.45, 7) is 3.78. The topological polar surface area (TPSA) is 54.3 Å². The second kappa shape index (κ2) is 6.23. The molecular formula is C15H17FN2O2. The molecule has 1 aromatic heterocycles. The fraction of sp³-hybridized carbons (Fsp3) is 0.267. The van der Waals surface area contributed by atoms with Gasteiger partial charge in [-0.15, -0.1) is 0 Å². The summed E-state index contributed by atoms with van der Waals surface area (Å²) < 4.78 is 18.3. The van der Waals surface area contributed by atoms with Crippen molar-refractivity contribution >= 4 is 11.6 Å². The zero-order chi connectivity index (χ0) is 14.5. The number of carbonyl (C=O) groups excluding carboxylic acids is 1. The third kappa shape index (κ3) is 3.60. The summed E-state index contributed by atoms with van der Waals surface area (Å²) in [7, 11) is 0. The molecule has 0 aliphatic heterocycles. The van der Waals surface area contributed by atoms with Gasteiger partial charge in [-0.25, -0.2) is 4.39 Å². The molecule has 0 radical (unpaired) electrons. The van der Waals surface area contributed by atoms with Crippen molar-refractivity contribution in [2.24, 2.45) is 0 Å². The van der Waals surface area contributed by atoms with E-state index in [1.54, 1.807) is 44.4 Å². The van der Waals surface area contributed by atoms with Gasteiger partial charge in [0.15, 0.2) is 0 Å². The van der Waals surface area contributed by atoms with Crippen LogP contribution in [0.3, 0.4) is 0 Å². The van der Waals surface area contributed by atoms with Crippen LogP contribution in [0.4, 0.5) is 10.1 Å². The Labute approximate surface area is 117 Å². The van der Waals surface area contributed by atoms with E-state index in [4.69, 9.17) is 4.42 Å². The number of rotatable bonds is 5. The minimum Gasteiger partial charge on any atom is -0.467 e. The maximum atomic E-state index is 13.2. The van der Waals surface area contributed by atoms with Crippen molar-refractivity contribution in [1.29, 1.82) is 0 Å². The number of amides is 1. The van der Waals surface area contributed by atoms with Gasteiger partial charge in [-0.3, -0.25) is 4.79 Å². The summed E-state index contributed by atoms with van der Waals surface area (Å²) in [4.78, 5) is 11.9. The molecule has 0 spiro atoms. The van der Waals surface area contributed by atoms with Crippen molar-refractivity contribution in [3.63, 3.8) is 0 Å². The molecule has 20 heavy (non-hydrogen) atoms. The number of carbonyl (C=O) groups is 1. The molecule has 5 heteroatoms. The fourth-order valence-electron chi connectivity index (χ4n) is 1.79. The van der Waals surface area contributed by atoms with Crippen molar-refractivity contribution in [2.75, 3.05) is 5.32 Å². The molecule has 1 aromatic carbocycles. The minimum atomic E-state index is -0.421. The highest BCUT2D eigenvalue weighted by Gasteiger charge is 2.13. The van der Waals surface area contributed by atoms with E-state index >= 15 is 0 Å². The van der Waals surface area contributed by atoms with Crippen LogP contribution >= 0.6 is 0 Å². The van der Waals surface area contributed by atoms with E-state index in [1.165, 1.54) is 6.07 Å². The van der Waals surface area contributed by atoms with Gasteiger partial charge in [0.1, 0.15) is 17.6 Å². The number of hydrogen-bond donors (Lipinski definition) is 2. The monoisotopic (exact) mass is 276 g/mol. The van der Waals surface area contributed by atoms with Crippen LogP contribution in [0.25, 0.3) is 0 Å². The van der Waals surface area contributed by atoms with Crippen LogP contribution < -0.4 is 10.6 Å². The summed E-state index contributed by atoms with van der Waals surface area (Å²) in [6, 6.07) is 7.80. The first-order chi connectivity index (χ1) is 9.56. The van der Waals surface area contributed by atoms with Gasteiger partial charge in [-0.1, -0.05) is 0 Å². The van der Waals surface area contributed by atoms with Gasteiger partial charge in [-0.05, 0) is 49.7 Å². The lowest BCUT2D eigenvalue weighted by Gasteiger charge is -2.15. The molecule has 4 nitrogen and oxygen atoms in total. The standard InChI is InChI=1S/C15H17FN2O2/c1-10-8-12(5-6-14(10)16)18-11(2)15(19)17-9-13-4-3-7-20-13/h3-8,11,18H,9H2,1-2H3,(H,17,19). The number of anilines is 1. The molecule has 1 atom stereocenters. The second-order valence-corrected chi connectivity index (χ2v) is 4.63. The van der Waals surface area contributed by atoms with Crippen LogP contribution in [0, 0.1) is 12.7 Å². The van der Waals surface area contributed by atoms with E-state index in [1.807, 2.05) is 0 Å². The first-order valence-corrected chi connectivity index (χ1v) is 6.39. The zero-order valence-corrected chi connectivity index (χ0v) is 11.4. The van der Waals surface area contributed by atoms with Gasteiger partial charge in [0, 0.05) is 5.69 Å². The van der Waals surface area contributed by atoms with Gasteiger partial charge >= 0.3 is 0 Å². The van der Waals surface area contributed by atoms with Crippen molar-refractivity contribution in [1.82, 2.24) is 5.32 Å². The molecular weight excluding hydrogens is 259 g/mol. The average molecular weight is 276 g/mol. The maximum absolute atomic E-state index is 13.2. The van der Waals surface area contributed by atoms with E-state index in [0.717, 1.165) is 0 Å². The largest absolute Gasteiger partial charge is 0.467 e. The molecule has 1 amide bonds. The van der Waals surface area contributed by atoms with Crippen LogP contribution in [-0.2, 0) is 11.3 Å². The Morgan fingerprint density at radius 3 is 2.85 bits per heavy atom. The number of halogens is 1. The van der Waals surface area contributed by atoms with Gasteiger partial charge in [0.2, 0.25) is 5.91 Å². The van der Waals surface area contributed by atoms with E-state index in [-0.39, 0.29) is 11.7 Å². The molecule has 106 valence electrons. The van der Waals surface area contributed by atoms with E-state index in [9.17, 15) is 9.18 Å². The summed E-state index contributed by atoms with van der Waals surface area (Å²) in [6.07, 6.45) is 1.56. The Morgan fingerprint density at radius 1 is 1.40 bits per heavy atom. The Balaban J connectivity index is 1.88. The second-order valence-electron chi connectivity index (χ2n) is 4.63. The summed E-state index contributed by atoms with van der Waals surface area (Å²) in [5.41, 5.74) is 1.25. The Bertz CT molecular complexity index is 582. The smallest absolute Gasteiger partial charge is 0.242 e. The van der Waals surface area contributed by atoms with E-state index < -0.39 is 6.04 Å². The first-order valence-electron chi connectivity index (χ1n) is 6.39. The normalized spacial score (nSPS) is 11.9. The highest BCUT2D eigenvalue weighted by Crippen LogP contribution is 2.14. The average Bonchev–Trinajstić information content (AvgIpc) is 2.93. The Kier molecular flexibility index (Phi) is 4.40. The summed E-state index contributed by atoms with van der Waals surface area (Å²) in [5.74, 6) is 0.289. The number of benzene rings is 1. The SMILES string of the molecule is Cc1cc(NC(C)C(=O)NCc2ccco2)ccc1F. The Morgan fingerprint density at radius 2 is 2.20 bits per heavy atom. The molecule has 1 unspecified atom stereocenters. The number of furan rings is 1. The minimum absolute atomic E-state index is 0.150. The lowest BCUT2D eigenvalue weighted by Crippen LogP contribution is -2.37. The molecule has 0 saturated heterocycles. The van der Waals surface area contributed by atoms with Crippen molar-refractivity contribution in [3.05, 3.63) is 53.7 Å². The fourth-order valence-corrected chi connectivity index (χ4v) is 1.79.